The number of rotatable bonds is 4. The fourth-order valence-corrected chi connectivity index (χ4v) is 6.00. The predicted octanol–water partition coefficient (Wildman–Crippen LogP) is 3.04. The van der Waals surface area contributed by atoms with Gasteiger partial charge in [0.1, 0.15) is 17.7 Å². The number of hydrogen-bond acceptors (Lipinski definition) is 7. The van der Waals surface area contributed by atoms with Crippen molar-refractivity contribution >= 4 is 38.1 Å². The Bertz CT molecular complexity index is 1700. The Hall–Kier alpha value is -3.96. The number of anilines is 2. The van der Waals surface area contributed by atoms with Crippen molar-refractivity contribution in [1.29, 1.82) is 0 Å². The summed E-state index contributed by atoms with van der Waals surface area (Å²) in [6.45, 7) is 0.962. The molecule has 0 atom stereocenters. The standard InChI is InChI=1S/C25H26N8O2S/c1-36(34,35)31-11-9-16(10-12-31)22-14-20(23-24(26)28-15-29-33(22)23)17-7-8-19-21(13-17)30-32(25(19)27)18-5-3-2-4-6-18/h2-8,13-16H,9-12,27H2,1H3,(H2,26,28,29). The highest BCUT2D eigenvalue weighted by Crippen LogP contribution is 2.38. The third kappa shape index (κ3) is 3.67. The van der Waals surface area contributed by atoms with Crippen LogP contribution in [0.15, 0.2) is 60.9 Å². The zero-order valence-electron chi connectivity index (χ0n) is 19.7. The average Bonchev–Trinajstić information content (AvgIpc) is 3.43. The molecule has 0 radical (unpaired) electrons. The molecule has 3 aromatic heterocycles. The van der Waals surface area contributed by atoms with Crippen LogP contribution in [0, 0.1) is 0 Å². The molecule has 2 aromatic carbocycles. The van der Waals surface area contributed by atoms with Crippen molar-refractivity contribution in [2.75, 3.05) is 30.8 Å². The lowest BCUT2D eigenvalue weighted by atomic mass is 9.94. The maximum absolute atomic E-state index is 12.0. The molecular weight excluding hydrogens is 476 g/mol. The van der Waals surface area contributed by atoms with E-state index in [1.807, 2.05) is 53.0 Å². The second kappa shape index (κ2) is 8.32. The lowest BCUT2D eigenvalue weighted by molar-refractivity contribution is 0.317. The monoisotopic (exact) mass is 502 g/mol. The summed E-state index contributed by atoms with van der Waals surface area (Å²) in [5, 5.41) is 10.1. The van der Waals surface area contributed by atoms with Crippen molar-refractivity contribution in [2.24, 2.45) is 0 Å². The highest BCUT2D eigenvalue weighted by molar-refractivity contribution is 7.88. The fourth-order valence-electron chi connectivity index (χ4n) is 5.13. The van der Waals surface area contributed by atoms with Crippen molar-refractivity contribution in [3.63, 3.8) is 0 Å². The third-order valence-electron chi connectivity index (χ3n) is 6.97. The SMILES string of the molecule is CS(=O)(=O)N1CCC(c2cc(-c3ccc4c(N)n(-c5ccccc5)nc4c3)c3c(N)ncnn23)CC1. The van der Waals surface area contributed by atoms with Gasteiger partial charge in [-0.1, -0.05) is 24.3 Å². The molecule has 36 heavy (non-hydrogen) atoms. The van der Waals surface area contributed by atoms with Gasteiger partial charge in [-0.3, -0.25) is 0 Å². The van der Waals surface area contributed by atoms with E-state index < -0.39 is 10.0 Å². The average molecular weight is 503 g/mol. The lowest BCUT2D eigenvalue weighted by Crippen LogP contribution is -2.37. The predicted molar refractivity (Wildman–Crippen MR) is 140 cm³/mol. The molecule has 4 N–H and O–H groups in total. The molecule has 0 unspecified atom stereocenters. The van der Waals surface area contributed by atoms with Crippen molar-refractivity contribution in [3.05, 3.63) is 66.6 Å². The molecule has 0 aliphatic carbocycles. The normalized spacial score (nSPS) is 15.7. The first-order valence-corrected chi connectivity index (χ1v) is 13.6. The topological polar surface area (TPSA) is 137 Å². The summed E-state index contributed by atoms with van der Waals surface area (Å²) in [5.41, 5.74) is 18.0. The summed E-state index contributed by atoms with van der Waals surface area (Å²) in [6, 6.07) is 17.9. The maximum Gasteiger partial charge on any atom is 0.211 e. The molecule has 1 fully saturated rings. The van der Waals surface area contributed by atoms with E-state index in [-0.39, 0.29) is 5.92 Å². The van der Waals surface area contributed by atoms with Crippen LogP contribution in [0.3, 0.4) is 0 Å². The van der Waals surface area contributed by atoms with Crippen LogP contribution in [0.25, 0.3) is 33.2 Å². The summed E-state index contributed by atoms with van der Waals surface area (Å²) in [5.74, 6) is 1.11. The van der Waals surface area contributed by atoms with Crippen LogP contribution < -0.4 is 11.5 Å². The van der Waals surface area contributed by atoms with Crippen molar-refractivity contribution in [1.82, 2.24) is 28.7 Å². The van der Waals surface area contributed by atoms with Crippen LogP contribution in [0.5, 0.6) is 0 Å². The van der Waals surface area contributed by atoms with Crippen molar-refractivity contribution in [2.45, 2.75) is 18.8 Å². The number of fused-ring (bicyclic) bond motifs is 2. The minimum Gasteiger partial charge on any atom is -0.383 e. The molecule has 1 aliphatic heterocycles. The van der Waals surface area contributed by atoms with Gasteiger partial charge in [0, 0.05) is 35.7 Å². The van der Waals surface area contributed by atoms with Gasteiger partial charge >= 0.3 is 0 Å². The van der Waals surface area contributed by atoms with Gasteiger partial charge < -0.3 is 11.5 Å². The molecule has 1 saturated heterocycles. The zero-order chi connectivity index (χ0) is 25.0. The molecule has 4 heterocycles. The van der Waals surface area contributed by atoms with E-state index in [1.165, 1.54) is 16.9 Å². The second-order valence-electron chi connectivity index (χ2n) is 9.19. The molecule has 0 amide bonds. The number of nitrogens with zero attached hydrogens (tertiary/aromatic N) is 6. The maximum atomic E-state index is 12.0. The summed E-state index contributed by atoms with van der Waals surface area (Å²) >= 11 is 0. The van der Waals surface area contributed by atoms with Gasteiger partial charge in [-0.2, -0.15) is 10.2 Å². The smallest absolute Gasteiger partial charge is 0.211 e. The first-order chi connectivity index (χ1) is 17.3. The number of nitrogens with two attached hydrogens (primary N) is 2. The summed E-state index contributed by atoms with van der Waals surface area (Å²) in [4.78, 5) is 4.24. The van der Waals surface area contributed by atoms with E-state index >= 15 is 0 Å². The van der Waals surface area contributed by atoms with Crippen LogP contribution in [0.2, 0.25) is 0 Å². The Morgan fingerprint density at radius 2 is 1.75 bits per heavy atom. The molecular formula is C25H26N8O2S. The van der Waals surface area contributed by atoms with E-state index in [1.54, 1.807) is 4.68 Å². The number of benzene rings is 2. The molecule has 6 rings (SSSR count). The highest BCUT2D eigenvalue weighted by Gasteiger charge is 2.29. The third-order valence-corrected chi connectivity index (χ3v) is 8.28. The molecule has 11 heteroatoms. The van der Waals surface area contributed by atoms with Gasteiger partial charge in [-0.05, 0) is 48.7 Å². The molecule has 5 aromatic rings. The van der Waals surface area contributed by atoms with Crippen LogP contribution in [0.1, 0.15) is 24.5 Å². The Morgan fingerprint density at radius 1 is 1.00 bits per heavy atom. The van der Waals surface area contributed by atoms with Gasteiger partial charge in [-0.15, -0.1) is 0 Å². The second-order valence-corrected chi connectivity index (χ2v) is 11.2. The van der Waals surface area contributed by atoms with Gasteiger partial charge in [0.05, 0.1) is 17.5 Å². The number of nitrogen functional groups attached to an aromatic ring is 2. The van der Waals surface area contributed by atoms with Crippen LogP contribution in [0.4, 0.5) is 11.6 Å². The van der Waals surface area contributed by atoms with Gasteiger partial charge in [0.15, 0.2) is 5.82 Å². The molecule has 0 bridgehead atoms. The Morgan fingerprint density at radius 3 is 2.47 bits per heavy atom. The van der Waals surface area contributed by atoms with E-state index in [0.717, 1.165) is 38.9 Å². The highest BCUT2D eigenvalue weighted by atomic mass is 32.2. The Labute approximate surface area is 208 Å². The van der Waals surface area contributed by atoms with Crippen molar-refractivity contribution < 1.29 is 8.42 Å². The molecule has 184 valence electrons. The number of piperidine rings is 1. The van der Waals surface area contributed by atoms with Gasteiger partial charge in [-0.25, -0.2) is 26.9 Å². The lowest BCUT2D eigenvalue weighted by Gasteiger charge is -2.29. The Kier molecular flexibility index (Phi) is 5.20. The summed E-state index contributed by atoms with van der Waals surface area (Å²) < 4.78 is 29.1. The number of aromatic nitrogens is 5. The first-order valence-electron chi connectivity index (χ1n) is 11.7. The Balaban J connectivity index is 1.44. The van der Waals surface area contributed by atoms with E-state index in [4.69, 9.17) is 16.6 Å². The van der Waals surface area contributed by atoms with E-state index in [0.29, 0.717) is 37.6 Å². The molecule has 1 aliphatic rings. The summed E-state index contributed by atoms with van der Waals surface area (Å²) in [6.07, 6.45) is 4.12. The first kappa shape index (κ1) is 22.5. The number of para-hydroxylation sites is 1. The number of hydrogen-bond donors (Lipinski definition) is 2. The van der Waals surface area contributed by atoms with Crippen LogP contribution in [-0.4, -0.2) is 56.4 Å². The minimum absolute atomic E-state index is 0.148. The molecule has 10 nitrogen and oxygen atoms in total. The fraction of sp³-hybridized carbons (Fsp3) is 0.240. The van der Waals surface area contributed by atoms with Gasteiger partial charge in [0.25, 0.3) is 0 Å². The largest absolute Gasteiger partial charge is 0.383 e. The van der Waals surface area contributed by atoms with Crippen molar-refractivity contribution in [3.8, 4) is 16.8 Å². The minimum atomic E-state index is -3.20. The molecule has 0 spiro atoms. The van der Waals surface area contributed by atoms with Crippen LogP contribution in [-0.2, 0) is 10.0 Å². The summed E-state index contributed by atoms with van der Waals surface area (Å²) in [7, 11) is -3.20. The molecule has 0 saturated carbocycles. The van der Waals surface area contributed by atoms with Gasteiger partial charge in [0.2, 0.25) is 10.0 Å². The van der Waals surface area contributed by atoms with Crippen LogP contribution >= 0.6 is 0 Å². The zero-order valence-corrected chi connectivity index (χ0v) is 20.6. The quantitative estimate of drug-likeness (QED) is 0.385. The van der Waals surface area contributed by atoms with E-state index in [9.17, 15) is 8.42 Å². The number of sulfonamides is 1. The van der Waals surface area contributed by atoms with E-state index in [2.05, 4.69) is 16.1 Å².